The molecule has 5 nitrogen and oxygen atoms in total. The van der Waals surface area contributed by atoms with Gasteiger partial charge in [0.2, 0.25) is 10.0 Å². The average Bonchev–Trinajstić information content (AvgIpc) is 2.52. The minimum atomic E-state index is -3.51. The molecule has 0 bridgehead atoms. The Labute approximate surface area is 149 Å². The van der Waals surface area contributed by atoms with Gasteiger partial charge in [-0.15, -0.1) is 0 Å². The maximum Gasteiger partial charge on any atom is 0.338 e. The Kier molecular flexibility index (Phi) is 5.85. The van der Waals surface area contributed by atoms with E-state index < -0.39 is 21.6 Å². The zero-order chi connectivity index (χ0) is 18.5. The number of aryl methyl sites for hydroxylation is 1. The number of nitrogens with one attached hydrogen (secondary N) is 1. The minimum Gasteiger partial charge on any atom is -0.456 e. The van der Waals surface area contributed by atoms with Gasteiger partial charge >= 0.3 is 5.97 Å². The Morgan fingerprint density at radius 1 is 1.04 bits per heavy atom. The number of sulfonamides is 1. The average molecular weight is 361 g/mol. The molecule has 0 fully saturated rings. The monoisotopic (exact) mass is 361 g/mol. The van der Waals surface area contributed by atoms with Gasteiger partial charge in [0.05, 0.1) is 11.3 Å². The Bertz CT molecular complexity index is 824. The fourth-order valence-electron chi connectivity index (χ4n) is 2.17. The van der Waals surface area contributed by atoms with E-state index in [9.17, 15) is 13.2 Å². The highest BCUT2D eigenvalue weighted by Crippen LogP contribution is 2.17. The summed E-state index contributed by atoms with van der Waals surface area (Å²) in [6, 6.07) is 15.7. The molecular formula is C19H23NO4S. The van der Waals surface area contributed by atoms with Crippen LogP contribution in [0.1, 0.15) is 36.7 Å². The van der Waals surface area contributed by atoms with Crippen molar-refractivity contribution in [2.75, 3.05) is 10.5 Å². The molecule has 0 atom stereocenters. The summed E-state index contributed by atoms with van der Waals surface area (Å²) in [5.74, 6) is -0.522. The van der Waals surface area contributed by atoms with E-state index in [0.717, 1.165) is 5.56 Å². The molecular weight excluding hydrogens is 338 g/mol. The third kappa shape index (κ3) is 6.58. The molecule has 0 aliphatic carbocycles. The minimum absolute atomic E-state index is 0.0340. The molecule has 134 valence electrons. The fourth-order valence-corrected chi connectivity index (χ4v) is 3.27. The Morgan fingerprint density at radius 3 is 2.36 bits per heavy atom. The van der Waals surface area contributed by atoms with Gasteiger partial charge in [0.25, 0.3) is 0 Å². The number of hydrogen-bond acceptors (Lipinski definition) is 4. The van der Waals surface area contributed by atoms with Gasteiger partial charge in [-0.2, -0.15) is 0 Å². The normalized spacial score (nSPS) is 11.8. The molecule has 0 amide bonds. The molecule has 0 spiro atoms. The SMILES string of the molecule is CC(C)(C)OC(=O)c1cccc(NS(=O)(=O)CCc2ccccc2)c1. The molecule has 0 saturated carbocycles. The first-order chi connectivity index (χ1) is 11.6. The van der Waals surface area contributed by atoms with Crippen LogP contribution in [-0.4, -0.2) is 25.7 Å². The summed E-state index contributed by atoms with van der Waals surface area (Å²) in [6.45, 7) is 5.34. The van der Waals surface area contributed by atoms with Gasteiger partial charge in [-0.3, -0.25) is 4.72 Å². The van der Waals surface area contributed by atoms with Gasteiger partial charge in [-0.05, 0) is 51.0 Å². The van der Waals surface area contributed by atoms with Crippen LogP contribution in [0.25, 0.3) is 0 Å². The quantitative estimate of drug-likeness (QED) is 0.798. The first-order valence-corrected chi connectivity index (χ1v) is 9.68. The molecule has 0 aliphatic rings. The third-order valence-electron chi connectivity index (χ3n) is 3.27. The van der Waals surface area contributed by atoms with Crippen LogP contribution in [0, 0.1) is 0 Å². The topological polar surface area (TPSA) is 72.5 Å². The Hall–Kier alpha value is -2.34. The number of hydrogen-bond donors (Lipinski definition) is 1. The highest BCUT2D eigenvalue weighted by molar-refractivity contribution is 7.92. The lowest BCUT2D eigenvalue weighted by atomic mass is 10.1. The van der Waals surface area contributed by atoms with E-state index in [2.05, 4.69) is 4.72 Å². The van der Waals surface area contributed by atoms with Gasteiger partial charge in [0.1, 0.15) is 5.60 Å². The first-order valence-electron chi connectivity index (χ1n) is 8.02. The van der Waals surface area contributed by atoms with Crippen LogP contribution in [-0.2, 0) is 21.2 Å². The number of esters is 1. The largest absolute Gasteiger partial charge is 0.456 e. The third-order valence-corrected chi connectivity index (χ3v) is 4.56. The Balaban J connectivity index is 2.04. The molecule has 1 N–H and O–H groups in total. The van der Waals surface area contributed by atoms with E-state index in [0.29, 0.717) is 17.7 Å². The van der Waals surface area contributed by atoms with E-state index in [1.807, 2.05) is 30.3 Å². The van der Waals surface area contributed by atoms with E-state index >= 15 is 0 Å². The van der Waals surface area contributed by atoms with Crippen molar-refractivity contribution in [1.29, 1.82) is 0 Å². The molecule has 6 heteroatoms. The highest BCUT2D eigenvalue weighted by Gasteiger charge is 2.18. The first kappa shape index (κ1) is 19.0. The summed E-state index contributed by atoms with van der Waals surface area (Å²) in [4.78, 5) is 12.1. The molecule has 2 aromatic rings. The van der Waals surface area contributed by atoms with E-state index in [1.165, 1.54) is 6.07 Å². The number of carbonyl (C=O) groups is 1. The predicted molar refractivity (Wildman–Crippen MR) is 99.2 cm³/mol. The summed E-state index contributed by atoms with van der Waals surface area (Å²) >= 11 is 0. The van der Waals surface area contributed by atoms with Gasteiger partial charge < -0.3 is 4.74 Å². The summed E-state index contributed by atoms with van der Waals surface area (Å²) < 4.78 is 32.3. The smallest absolute Gasteiger partial charge is 0.338 e. The molecule has 0 aromatic heterocycles. The van der Waals surface area contributed by atoms with Crippen molar-refractivity contribution < 1.29 is 17.9 Å². The summed E-state index contributed by atoms with van der Waals surface area (Å²) in [6.07, 6.45) is 0.419. The van der Waals surface area contributed by atoms with Crippen molar-refractivity contribution in [3.8, 4) is 0 Å². The number of carbonyl (C=O) groups excluding carboxylic acids is 1. The standard InChI is InChI=1S/C19H23NO4S/c1-19(2,3)24-18(21)16-10-7-11-17(14-16)20-25(22,23)13-12-15-8-5-4-6-9-15/h4-11,14,20H,12-13H2,1-3H3. The van der Waals surface area contributed by atoms with Gasteiger partial charge in [0, 0.05) is 5.69 Å². The summed E-state index contributed by atoms with van der Waals surface area (Å²) in [5, 5.41) is 0. The summed E-state index contributed by atoms with van der Waals surface area (Å²) in [5.41, 5.74) is 0.993. The van der Waals surface area contributed by atoms with Gasteiger partial charge in [0.15, 0.2) is 0 Å². The van der Waals surface area contributed by atoms with Crippen molar-refractivity contribution >= 4 is 21.7 Å². The highest BCUT2D eigenvalue weighted by atomic mass is 32.2. The van der Waals surface area contributed by atoms with Crippen LogP contribution in [0.15, 0.2) is 54.6 Å². The zero-order valence-electron chi connectivity index (χ0n) is 14.7. The second-order valence-electron chi connectivity index (χ2n) is 6.74. The second-order valence-corrected chi connectivity index (χ2v) is 8.58. The van der Waals surface area contributed by atoms with Gasteiger partial charge in [-0.1, -0.05) is 36.4 Å². The number of ether oxygens (including phenoxy) is 1. The zero-order valence-corrected chi connectivity index (χ0v) is 15.5. The van der Waals surface area contributed by atoms with E-state index in [1.54, 1.807) is 39.0 Å². The van der Waals surface area contributed by atoms with Crippen molar-refractivity contribution in [3.05, 3.63) is 65.7 Å². The number of benzene rings is 2. The second kappa shape index (κ2) is 7.70. The molecule has 0 saturated heterocycles. The van der Waals surface area contributed by atoms with E-state index in [-0.39, 0.29) is 5.75 Å². The van der Waals surface area contributed by atoms with Crippen LogP contribution in [0.3, 0.4) is 0 Å². The van der Waals surface area contributed by atoms with E-state index in [4.69, 9.17) is 4.74 Å². The molecule has 2 aromatic carbocycles. The lowest BCUT2D eigenvalue weighted by Gasteiger charge is -2.19. The maximum absolute atomic E-state index is 12.3. The maximum atomic E-state index is 12.3. The van der Waals surface area contributed by atoms with Crippen LogP contribution < -0.4 is 4.72 Å². The van der Waals surface area contributed by atoms with Crippen LogP contribution >= 0.6 is 0 Å². The molecule has 0 aliphatic heterocycles. The fraction of sp³-hybridized carbons (Fsp3) is 0.316. The van der Waals surface area contributed by atoms with Crippen LogP contribution in [0.2, 0.25) is 0 Å². The number of rotatable bonds is 6. The van der Waals surface area contributed by atoms with Crippen LogP contribution in [0.5, 0.6) is 0 Å². The predicted octanol–water partition coefficient (Wildman–Crippen LogP) is 3.63. The lowest BCUT2D eigenvalue weighted by molar-refractivity contribution is 0.00695. The molecule has 25 heavy (non-hydrogen) atoms. The van der Waals surface area contributed by atoms with Crippen molar-refractivity contribution in [2.24, 2.45) is 0 Å². The number of anilines is 1. The molecule has 0 radical (unpaired) electrons. The molecule has 0 heterocycles. The van der Waals surface area contributed by atoms with Gasteiger partial charge in [-0.25, -0.2) is 13.2 Å². The summed E-state index contributed by atoms with van der Waals surface area (Å²) in [7, 11) is -3.51. The molecule has 0 unspecified atom stereocenters. The van der Waals surface area contributed by atoms with Crippen LogP contribution in [0.4, 0.5) is 5.69 Å². The molecule has 2 rings (SSSR count). The van der Waals surface area contributed by atoms with Crippen molar-refractivity contribution in [1.82, 2.24) is 0 Å². The Morgan fingerprint density at radius 2 is 1.72 bits per heavy atom. The van der Waals surface area contributed by atoms with Crippen molar-refractivity contribution in [3.63, 3.8) is 0 Å². The lowest BCUT2D eigenvalue weighted by Crippen LogP contribution is -2.24. The van der Waals surface area contributed by atoms with Crippen molar-refractivity contribution in [2.45, 2.75) is 32.8 Å².